The molecule has 5 aromatic rings. The van der Waals surface area contributed by atoms with Crippen LogP contribution < -0.4 is 10.4 Å². The van der Waals surface area contributed by atoms with Gasteiger partial charge in [-0.15, -0.1) is 0 Å². The summed E-state index contributed by atoms with van der Waals surface area (Å²) in [6.45, 7) is 6.31. The van der Waals surface area contributed by atoms with E-state index in [4.69, 9.17) is 4.43 Å². The van der Waals surface area contributed by atoms with Gasteiger partial charge >= 0.3 is 0 Å². The smallest absolute Gasteiger partial charge is 0.282 e. The maximum Gasteiger partial charge on any atom is 0.282 e. The SMILES string of the molecule is C[C@@H]1Cc2c(ccc3nccn23)C(c2c(F)cc(Br)cc2F)N1CC(F)(F)CO[Si](c1ccccc1)(c1ccccc1)C(C)(C)C. The summed E-state index contributed by atoms with van der Waals surface area (Å²) in [5.41, 5.74) is 1.77. The molecule has 3 aromatic carbocycles. The molecule has 0 saturated carbocycles. The molecule has 1 aliphatic heterocycles. The van der Waals surface area contributed by atoms with E-state index in [0.717, 1.165) is 16.1 Å². The molecule has 0 fully saturated rings. The lowest BCUT2D eigenvalue weighted by atomic mass is 9.87. The molecule has 0 saturated heterocycles. The van der Waals surface area contributed by atoms with E-state index in [1.165, 1.54) is 17.0 Å². The van der Waals surface area contributed by atoms with Crippen LogP contribution in [0.2, 0.25) is 5.04 Å². The number of imidazole rings is 1. The fraction of sp³-hybridized carbons (Fsp3) is 0.306. The van der Waals surface area contributed by atoms with E-state index in [9.17, 15) is 0 Å². The van der Waals surface area contributed by atoms with Crippen molar-refractivity contribution in [2.75, 3.05) is 13.2 Å². The number of nitrogens with zero attached hydrogens (tertiary/aromatic N) is 3. The molecule has 0 spiro atoms. The Bertz CT molecular complexity index is 1780. The summed E-state index contributed by atoms with van der Waals surface area (Å²) in [6.07, 6.45) is 3.83. The Morgan fingerprint density at radius 1 is 0.913 bits per heavy atom. The molecule has 2 aromatic heterocycles. The van der Waals surface area contributed by atoms with Crippen LogP contribution in [-0.2, 0) is 10.8 Å². The Labute approximate surface area is 276 Å². The minimum absolute atomic E-state index is 0.232. The molecule has 2 atom stereocenters. The lowest BCUT2D eigenvalue weighted by Gasteiger charge is -2.45. The van der Waals surface area contributed by atoms with Crippen molar-refractivity contribution in [2.45, 2.75) is 57.2 Å². The number of hydrogen-bond donors (Lipinski definition) is 0. The van der Waals surface area contributed by atoms with Gasteiger partial charge in [-0.3, -0.25) is 4.90 Å². The highest BCUT2D eigenvalue weighted by Crippen LogP contribution is 2.43. The molecule has 4 nitrogen and oxygen atoms in total. The van der Waals surface area contributed by atoms with Crippen LogP contribution in [0, 0.1) is 11.6 Å². The van der Waals surface area contributed by atoms with Crippen molar-refractivity contribution in [3.05, 3.63) is 130 Å². The van der Waals surface area contributed by atoms with E-state index in [-0.39, 0.29) is 10.0 Å². The van der Waals surface area contributed by atoms with Crippen LogP contribution in [0.3, 0.4) is 0 Å². The predicted octanol–water partition coefficient (Wildman–Crippen LogP) is 7.92. The second kappa shape index (κ2) is 12.4. The maximum atomic E-state index is 16.5. The van der Waals surface area contributed by atoms with Gasteiger partial charge in [-0.05, 0) is 46.1 Å². The first-order valence-corrected chi connectivity index (χ1v) is 18.0. The van der Waals surface area contributed by atoms with Crippen LogP contribution >= 0.6 is 15.9 Å². The molecule has 0 N–H and O–H groups in total. The summed E-state index contributed by atoms with van der Waals surface area (Å²) in [6, 6.07) is 23.5. The number of rotatable bonds is 8. The third kappa shape index (κ3) is 5.85. The van der Waals surface area contributed by atoms with Gasteiger partial charge in [0, 0.05) is 40.6 Å². The van der Waals surface area contributed by atoms with E-state index in [0.29, 0.717) is 17.6 Å². The molecule has 0 aliphatic carbocycles. The van der Waals surface area contributed by atoms with Crippen molar-refractivity contribution in [3.63, 3.8) is 0 Å². The van der Waals surface area contributed by atoms with E-state index in [1.807, 2.05) is 92.8 Å². The molecule has 3 heterocycles. The summed E-state index contributed by atoms with van der Waals surface area (Å²) in [7, 11) is -3.26. The summed E-state index contributed by atoms with van der Waals surface area (Å²) in [5, 5.41) is 1.29. The fourth-order valence-corrected chi connectivity index (χ4v) is 12.0. The molecular formula is C36H36BrF4N3OSi. The zero-order valence-electron chi connectivity index (χ0n) is 26.2. The summed E-state index contributed by atoms with van der Waals surface area (Å²) in [4.78, 5) is 5.88. The molecule has 0 amide bonds. The van der Waals surface area contributed by atoms with Gasteiger partial charge < -0.3 is 8.83 Å². The number of fused-ring (bicyclic) bond motifs is 3. The Morgan fingerprint density at radius 2 is 1.50 bits per heavy atom. The van der Waals surface area contributed by atoms with Crippen LogP contribution in [0.25, 0.3) is 5.65 Å². The average Bonchev–Trinajstić information content (AvgIpc) is 3.48. The fourth-order valence-electron chi connectivity index (χ4n) is 7.03. The molecule has 0 bridgehead atoms. The van der Waals surface area contributed by atoms with Crippen molar-refractivity contribution < 1.29 is 22.0 Å². The highest BCUT2D eigenvalue weighted by Gasteiger charge is 2.52. The molecule has 240 valence electrons. The van der Waals surface area contributed by atoms with Crippen molar-refractivity contribution in [1.29, 1.82) is 0 Å². The zero-order chi connectivity index (χ0) is 32.9. The summed E-state index contributed by atoms with van der Waals surface area (Å²) in [5.74, 6) is -4.97. The van der Waals surface area contributed by atoms with Crippen molar-refractivity contribution in [1.82, 2.24) is 14.3 Å². The standard InChI is InChI=1S/C36H36BrF4N3OSi/c1-24-19-31-28(15-16-32-42-17-18-43(31)32)34(33-29(38)20-25(37)21-30(33)39)44(24)22-36(40,41)23-45-46(35(2,3)4,26-11-7-5-8-12-26)27-13-9-6-10-14-27/h5-18,20-21,24,34H,19,22-23H2,1-4H3/t24-,34?/m1/s1. The highest BCUT2D eigenvalue weighted by atomic mass is 79.9. The third-order valence-corrected chi connectivity index (χ3v) is 14.5. The molecule has 10 heteroatoms. The molecule has 6 rings (SSSR count). The van der Waals surface area contributed by atoms with Gasteiger partial charge in [-0.1, -0.05) is 103 Å². The van der Waals surface area contributed by atoms with Crippen molar-refractivity contribution in [2.24, 2.45) is 0 Å². The van der Waals surface area contributed by atoms with Crippen LogP contribution in [0.1, 0.15) is 50.6 Å². The van der Waals surface area contributed by atoms with Gasteiger partial charge in [-0.25, -0.2) is 22.5 Å². The first kappa shape index (κ1) is 32.6. The minimum atomic E-state index is -3.36. The minimum Gasteiger partial charge on any atom is -0.401 e. The lowest BCUT2D eigenvalue weighted by Crippen LogP contribution is -2.67. The average molecular weight is 711 g/mol. The molecule has 46 heavy (non-hydrogen) atoms. The lowest BCUT2D eigenvalue weighted by molar-refractivity contribution is -0.0825. The Morgan fingerprint density at radius 3 is 2.07 bits per heavy atom. The second-order valence-electron chi connectivity index (χ2n) is 13.1. The van der Waals surface area contributed by atoms with Gasteiger partial charge in [0.25, 0.3) is 14.2 Å². The number of benzene rings is 3. The van der Waals surface area contributed by atoms with Crippen LogP contribution in [0.15, 0.2) is 102 Å². The molecule has 0 radical (unpaired) electrons. The van der Waals surface area contributed by atoms with E-state index in [1.54, 1.807) is 24.5 Å². The van der Waals surface area contributed by atoms with Gasteiger partial charge in [0.15, 0.2) is 0 Å². The monoisotopic (exact) mass is 709 g/mol. The Hall–Kier alpha value is -3.31. The predicted molar refractivity (Wildman–Crippen MR) is 179 cm³/mol. The topological polar surface area (TPSA) is 29.8 Å². The number of hydrogen-bond acceptors (Lipinski definition) is 3. The van der Waals surface area contributed by atoms with E-state index < -0.39 is 56.1 Å². The second-order valence-corrected chi connectivity index (χ2v) is 18.3. The quantitative estimate of drug-likeness (QED) is 0.121. The van der Waals surface area contributed by atoms with Crippen molar-refractivity contribution in [3.8, 4) is 0 Å². The first-order valence-electron chi connectivity index (χ1n) is 15.3. The van der Waals surface area contributed by atoms with Gasteiger partial charge in [0.1, 0.15) is 17.3 Å². The number of aromatic nitrogens is 2. The summed E-state index contributed by atoms with van der Waals surface area (Å²) >= 11 is 3.16. The molecule has 1 aliphatic rings. The van der Waals surface area contributed by atoms with Crippen molar-refractivity contribution >= 4 is 40.3 Å². The summed E-state index contributed by atoms with van der Waals surface area (Å²) < 4.78 is 73.1. The largest absolute Gasteiger partial charge is 0.401 e. The number of pyridine rings is 1. The molecular weight excluding hydrogens is 674 g/mol. The number of halogens is 5. The van der Waals surface area contributed by atoms with Gasteiger partial charge in [-0.2, -0.15) is 0 Å². The van der Waals surface area contributed by atoms with Gasteiger partial charge in [0.2, 0.25) is 0 Å². The Kier molecular flexibility index (Phi) is 8.77. The van der Waals surface area contributed by atoms with E-state index >= 15 is 17.6 Å². The number of alkyl halides is 2. The zero-order valence-corrected chi connectivity index (χ0v) is 28.7. The first-order chi connectivity index (χ1) is 21.8. The van der Waals surface area contributed by atoms with E-state index in [2.05, 4.69) is 20.9 Å². The van der Waals surface area contributed by atoms with Gasteiger partial charge in [0.05, 0.1) is 19.2 Å². The third-order valence-electron chi connectivity index (χ3n) is 9.03. The van der Waals surface area contributed by atoms with Crippen LogP contribution in [-0.4, -0.2) is 47.7 Å². The van der Waals surface area contributed by atoms with Crippen LogP contribution in [0.5, 0.6) is 0 Å². The Balaban J connectivity index is 1.41. The maximum absolute atomic E-state index is 16.5. The highest BCUT2D eigenvalue weighted by molar-refractivity contribution is 9.10. The molecule has 1 unspecified atom stereocenters. The normalized spacial score (nSPS) is 17.8. The van der Waals surface area contributed by atoms with Crippen LogP contribution in [0.4, 0.5) is 17.6 Å².